The zero-order chi connectivity index (χ0) is 12.0. The van der Waals surface area contributed by atoms with Crippen LogP contribution in [0, 0.1) is 0 Å². The third-order valence-corrected chi connectivity index (χ3v) is 3.03. The fourth-order valence-electron chi connectivity index (χ4n) is 2.24. The molecule has 0 saturated carbocycles. The predicted molar refractivity (Wildman–Crippen MR) is 67.5 cm³/mol. The molecular weight excluding hydrogens is 216 g/mol. The largest absolute Gasteiger partial charge is 0.508 e. The Balaban J connectivity index is 2.55. The summed E-state index contributed by atoms with van der Waals surface area (Å²) in [4.78, 5) is 17.6. The molecule has 0 aliphatic heterocycles. The molecule has 0 unspecified atom stereocenters. The topological polar surface area (TPSA) is 68.9 Å². The Bertz CT molecular complexity index is 768. The Morgan fingerprint density at radius 3 is 2.76 bits per heavy atom. The summed E-state index contributed by atoms with van der Waals surface area (Å²) < 4.78 is 0. The lowest BCUT2D eigenvalue weighted by Crippen LogP contribution is -2.06. The van der Waals surface area contributed by atoms with Crippen molar-refractivity contribution in [3.05, 3.63) is 40.3 Å². The molecule has 0 spiro atoms. The van der Waals surface area contributed by atoms with Gasteiger partial charge in [0.05, 0.1) is 11.0 Å². The molecule has 0 saturated heterocycles. The van der Waals surface area contributed by atoms with Crippen molar-refractivity contribution in [2.45, 2.75) is 13.3 Å². The molecular formula is C13H12N2O2. The molecule has 0 radical (unpaired) electrons. The number of phenols is 1. The van der Waals surface area contributed by atoms with E-state index in [1.807, 2.05) is 13.0 Å². The number of hydrogen-bond donors (Lipinski definition) is 3. The highest BCUT2D eigenvalue weighted by Gasteiger charge is 2.09. The van der Waals surface area contributed by atoms with Gasteiger partial charge in [0, 0.05) is 28.6 Å². The molecule has 17 heavy (non-hydrogen) atoms. The van der Waals surface area contributed by atoms with Gasteiger partial charge in [-0.25, -0.2) is 0 Å². The van der Waals surface area contributed by atoms with Gasteiger partial charge in [-0.2, -0.15) is 0 Å². The average Bonchev–Trinajstić information content (AvgIpc) is 2.65. The number of hydrogen-bond acceptors (Lipinski definition) is 2. The van der Waals surface area contributed by atoms with E-state index < -0.39 is 0 Å². The van der Waals surface area contributed by atoms with Crippen LogP contribution in [-0.2, 0) is 6.42 Å². The van der Waals surface area contributed by atoms with Crippen LogP contribution in [0.3, 0.4) is 0 Å². The lowest BCUT2D eigenvalue weighted by molar-refractivity contribution is 0.476. The molecule has 4 heteroatoms. The number of aryl methyl sites for hydroxylation is 1. The Hall–Kier alpha value is -2.23. The molecule has 0 aliphatic rings. The van der Waals surface area contributed by atoms with E-state index in [9.17, 15) is 9.90 Å². The van der Waals surface area contributed by atoms with Crippen LogP contribution >= 0.6 is 0 Å². The van der Waals surface area contributed by atoms with Crippen LogP contribution in [0.2, 0.25) is 0 Å². The number of aromatic amines is 2. The van der Waals surface area contributed by atoms with E-state index in [0.29, 0.717) is 0 Å². The van der Waals surface area contributed by atoms with Crippen LogP contribution in [0.4, 0.5) is 0 Å². The zero-order valence-corrected chi connectivity index (χ0v) is 9.37. The maximum atomic E-state index is 11.6. The molecule has 0 fully saturated rings. The molecule has 3 aromatic rings. The van der Waals surface area contributed by atoms with Crippen LogP contribution < -0.4 is 5.56 Å². The predicted octanol–water partition coefficient (Wildman–Crippen LogP) is 2.28. The third kappa shape index (κ3) is 1.41. The van der Waals surface area contributed by atoms with E-state index in [-0.39, 0.29) is 11.3 Å². The summed E-state index contributed by atoms with van der Waals surface area (Å²) in [6, 6.07) is 6.70. The van der Waals surface area contributed by atoms with Crippen LogP contribution in [0.5, 0.6) is 5.75 Å². The molecule has 0 amide bonds. The number of aromatic hydroxyl groups is 1. The molecule has 4 nitrogen and oxygen atoms in total. The van der Waals surface area contributed by atoms with Gasteiger partial charge in [0.15, 0.2) is 0 Å². The summed E-state index contributed by atoms with van der Waals surface area (Å²) in [6.45, 7) is 1.99. The molecule has 2 heterocycles. The monoisotopic (exact) mass is 228 g/mol. The zero-order valence-electron chi connectivity index (χ0n) is 9.37. The normalized spacial score (nSPS) is 11.4. The summed E-state index contributed by atoms with van der Waals surface area (Å²) >= 11 is 0. The number of aromatic nitrogens is 2. The van der Waals surface area contributed by atoms with Crippen molar-refractivity contribution < 1.29 is 5.11 Å². The highest BCUT2D eigenvalue weighted by Crippen LogP contribution is 2.28. The van der Waals surface area contributed by atoms with Gasteiger partial charge in [0.25, 0.3) is 0 Å². The van der Waals surface area contributed by atoms with Crippen molar-refractivity contribution in [2.24, 2.45) is 0 Å². The molecule has 0 atom stereocenters. The number of phenolic OH excluding ortho intramolecular Hbond substituents is 1. The van der Waals surface area contributed by atoms with E-state index in [1.165, 1.54) is 0 Å². The smallest absolute Gasteiger partial charge is 0.248 e. The van der Waals surface area contributed by atoms with Crippen molar-refractivity contribution in [1.29, 1.82) is 0 Å². The van der Waals surface area contributed by atoms with Gasteiger partial charge in [-0.1, -0.05) is 6.92 Å². The number of rotatable bonds is 1. The number of H-pyrrole nitrogens is 2. The van der Waals surface area contributed by atoms with E-state index in [1.54, 1.807) is 18.2 Å². The molecule has 0 aliphatic carbocycles. The van der Waals surface area contributed by atoms with Crippen LogP contribution in [0.1, 0.15) is 12.6 Å². The van der Waals surface area contributed by atoms with Gasteiger partial charge in [0.2, 0.25) is 5.56 Å². The number of nitrogens with one attached hydrogen (secondary N) is 2. The number of pyridine rings is 1. The molecule has 0 bridgehead atoms. The summed E-state index contributed by atoms with van der Waals surface area (Å²) in [6.07, 6.45) is 0.755. The van der Waals surface area contributed by atoms with E-state index in [0.717, 1.165) is 33.9 Å². The van der Waals surface area contributed by atoms with Crippen molar-refractivity contribution in [2.75, 3.05) is 0 Å². The Morgan fingerprint density at radius 2 is 2.00 bits per heavy atom. The SMILES string of the molecule is CCc1[nH]c(=O)cc2c1[nH]c1cc(O)ccc12. The highest BCUT2D eigenvalue weighted by molar-refractivity contribution is 6.08. The quantitative estimate of drug-likeness (QED) is 0.598. The van der Waals surface area contributed by atoms with Gasteiger partial charge in [0.1, 0.15) is 5.75 Å². The van der Waals surface area contributed by atoms with E-state index in [4.69, 9.17) is 0 Å². The van der Waals surface area contributed by atoms with Crippen molar-refractivity contribution in [3.63, 3.8) is 0 Å². The van der Waals surface area contributed by atoms with E-state index >= 15 is 0 Å². The second kappa shape index (κ2) is 3.38. The third-order valence-electron chi connectivity index (χ3n) is 3.03. The summed E-state index contributed by atoms with van der Waals surface area (Å²) in [5.41, 5.74) is 2.58. The summed E-state index contributed by atoms with van der Waals surface area (Å²) in [5.74, 6) is 0.216. The van der Waals surface area contributed by atoms with Gasteiger partial charge in [-0.05, 0) is 18.6 Å². The van der Waals surface area contributed by atoms with Crippen LogP contribution in [0.15, 0.2) is 29.1 Å². The minimum absolute atomic E-state index is 0.0941. The summed E-state index contributed by atoms with van der Waals surface area (Å²) in [5, 5.41) is 11.3. The lowest BCUT2D eigenvalue weighted by Gasteiger charge is -1.98. The first-order valence-electron chi connectivity index (χ1n) is 5.55. The number of fused-ring (bicyclic) bond motifs is 3. The maximum absolute atomic E-state index is 11.6. The molecule has 2 aromatic heterocycles. The molecule has 3 rings (SSSR count). The molecule has 3 N–H and O–H groups in total. The minimum Gasteiger partial charge on any atom is -0.508 e. The first kappa shape index (κ1) is 9.96. The fourth-order valence-corrected chi connectivity index (χ4v) is 2.24. The highest BCUT2D eigenvalue weighted by atomic mass is 16.3. The first-order chi connectivity index (χ1) is 8.19. The first-order valence-corrected chi connectivity index (χ1v) is 5.55. The maximum Gasteiger partial charge on any atom is 0.248 e. The van der Waals surface area contributed by atoms with Crippen molar-refractivity contribution in [3.8, 4) is 5.75 Å². The van der Waals surface area contributed by atoms with Gasteiger partial charge >= 0.3 is 0 Å². The van der Waals surface area contributed by atoms with E-state index in [2.05, 4.69) is 9.97 Å². The standard InChI is InChI=1S/C13H12N2O2/c1-2-10-13-9(6-12(17)14-10)8-4-3-7(16)5-11(8)15-13/h3-6,15-16H,2H2,1H3,(H,14,17). The van der Waals surface area contributed by atoms with Crippen molar-refractivity contribution >= 4 is 21.8 Å². The van der Waals surface area contributed by atoms with Crippen LogP contribution in [0.25, 0.3) is 21.8 Å². The van der Waals surface area contributed by atoms with Gasteiger partial charge in [-0.3, -0.25) is 4.79 Å². The van der Waals surface area contributed by atoms with Crippen molar-refractivity contribution in [1.82, 2.24) is 9.97 Å². The Morgan fingerprint density at radius 1 is 1.18 bits per heavy atom. The Labute approximate surface area is 96.9 Å². The summed E-state index contributed by atoms with van der Waals surface area (Å²) in [7, 11) is 0. The van der Waals surface area contributed by atoms with Crippen LogP contribution in [-0.4, -0.2) is 15.1 Å². The second-order valence-electron chi connectivity index (χ2n) is 4.11. The fraction of sp³-hybridized carbons (Fsp3) is 0.154. The second-order valence-corrected chi connectivity index (χ2v) is 4.11. The lowest BCUT2D eigenvalue weighted by atomic mass is 10.1. The Kier molecular flexibility index (Phi) is 1.98. The molecule has 1 aromatic carbocycles. The average molecular weight is 228 g/mol. The molecule has 86 valence electrons. The minimum atomic E-state index is -0.0941. The van der Waals surface area contributed by atoms with Gasteiger partial charge < -0.3 is 15.1 Å². The van der Waals surface area contributed by atoms with Gasteiger partial charge in [-0.15, -0.1) is 0 Å². The number of benzene rings is 1.